The number of benzene rings is 2. The number of hydrogen-bond donors (Lipinski definition) is 2. The molecule has 3 N–H and O–H groups in total. The second-order valence-corrected chi connectivity index (χ2v) is 10.8. The molecule has 224 valence electrons. The number of phenols is 1. The van der Waals surface area contributed by atoms with Crippen LogP contribution in [0.2, 0.25) is 0 Å². The molecule has 11 nitrogen and oxygen atoms in total. The molecule has 1 fully saturated rings. The Morgan fingerprint density at radius 2 is 1.74 bits per heavy atom. The monoisotopic (exact) mass is 585 g/mol. The molecule has 0 bridgehead atoms. The summed E-state index contributed by atoms with van der Waals surface area (Å²) in [6.45, 7) is 2.64. The third-order valence-electron chi connectivity index (χ3n) is 7.64. The van der Waals surface area contributed by atoms with E-state index >= 15 is 0 Å². The van der Waals surface area contributed by atoms with Gasteiger partial charge < -0.3 is 20.2 Å². The minimum Gasteiger partial charge on any atom is -0.508 e. The number of phenolic OH excluding ortho intramolecular Hbond substituents is 1. The smallest absolute Gasteiger partial charge is 0.333 e. The topological polar surface area (TPSA) is 158 Å². The van der Waals surface area contributed by atoms with Gasteiger partial charge in [0.05, 0.1) is 11.0 Å². The number of rotatable bonds is 13. The third kappa shape index (κ3) is 6.66. The van der Waals surface area contributed by atoms with Gasteiger partial charge in [0, 0.05) is 50.5 Å². The van der Waals surface area contributed by atoms with E-state index < -0.39 is 17.8 Å². The normalized spacial score (nSPS) is 13.4. The van der Waals surface area contributed by atoms with Crippen LogP contribution in [0.3, 0.4) is 0 Å². The van der Waals surface area contributed by atoms with Crippen molar-refractivity contribution >= 4 is 51.3 Å². The number of imidazole rings is 1. The largest absolute Gasteiger partial charge is 0.508 e. The van der Waals surface area contributed by atoms with Gasteiger partial charge in [-0.25, -0.2) is 14.8 Å². The van der Waals surface area contributed by atoms with Gasteiger partial charge in [-0.15, -0.1) is 5.06 Å². The Kier molecular flexibility index (Phi) is 8.98. The van der Waals surface area contributed by atoms with Crippen molar-refractivity contribution in [2.75, 3.05) is 5.73 Å². The van der Waals surface area contributed by atoms with E-state index in [2.05, 4.69) is 16.5 Å². The van der Waals surface area contributed by atoms with Crippen LogP contribution in [0.4, 0.5) is 5.82 Å². The van der Waals surface area contributed by atoms with E-state index in [0.717, 1.165) is 47.1 Å². The SMILES string of the molecule is CCCCc1nc2c(N)nc3ccccc3c2n1Cc1ccc(O)c(CCC(=O)CCCC(=O)ON2C(=O)CCC2=O)c1. The molecule has 0 unspecified atom stereocenters. The van der Waals surface area contributed by atoms with Crippen molar-refractivity contribution in [3.05, 3.63) is 59.4 Å². The van der Waals surface area contributed by atoms with Crippen LogP contribution in [0, 0.1) is 0 Å². The van der Waals surface area contributed by atoms with Gasteiger partial charge in [-0.2, -0.15) is 0 Å². The number of aromatic hydroxyl groups is 1. The molecular weight excluding hydrogens is 550 g/mol. The van der Waals surface area contributed by atoms with Gasteiger partial charge in [0.2, 0.25) is 0 Å². The number of fused-ring (bicyclic) bond motifs is 3. The number of unbranched alkanes of at least 4 members (excludes halogenated alkanes) is 1. The number of ketones is 1. The molecule has 11 heteroatoms. The van der Waals surface area contributed by atoms with Gasteiger partial charge in [0.1, 0.15) is 22.9 Å². The Morgan fingerprint density at radius 1 is 0.977 bits per heavy atom. The number of nitrogens with two attached hydrogens (primary N) is 1. The zero-order valence-electron chi connectivity index (χ0n) is 24.2. The summed E-state index contributed by atoms with van der Waals surface area (Å²) in [5.41, 5.74) is 10.3. The number of aromatic nitrogens is 3. The Labute approximate surface area is 248 Å². The van der Waals surface area contributed by atoms with Crippen molar-refractivity contribution in [1.82, 2.24) is 19.6 Å². The summed E-state index contributed by atoms with van der Waals surface area (Å²) in [5.74, 6) is -0.445. The Hall–Kier alpha value is -4.80. The highest BCUT2D eigenvalue weighted by Gasteiger charge is 2.32. The quantitative estimate of drug-likeness (QED) is 0.215. The molecule has 0 radical (unpaired) electrons. The van der Waals surface area contributed by atoms with Crippen LogP contribution in [-0.2, 0) is 43.4 Å². The van der Waals surface area contributed by atoms with Gasteiger partial charge >= 0.3 is 5.97 Å². The Morgan fingerprint density at radius 3 is 2.51 bits per heavy atom. The molecule has 2 amide bonds. The van der Waals surface area contributed by atoms with Crippen molar-refractivity contribution in [3.8, 4) is 5.75 Å². The number of pyridine rings is 1. The second-order valence-electron chi connectivity index (χ2n) is 10.8. The van der Waals surface area contributed by atoms with E-state index in [4.69, 9.17) is 15.6 Å². The average molecular weight is 586 g/mol. The lowest BCUT2D eigenvalue weighted by molar-refractivity contribution is -0.197. The number of amides is 2. The molecule has 0 aliphatic carbocycles. The summed E-state index contributed by atoms with van der Waals surface area (Å²) in [6.07, 6.45) is 3.67. The second kappa shape index (κ2) is 13.0. The van der Waals surface area contributed by atoms with Gasteiger partial charge in [-0.05, 0) is 42.5 Å². The molecular formula is C32H35N5O6. The van der Waals surface area contributed by atoms with Crippen LogP contribution in [0.5, 0.6) is 5.75 Å². The fraction of sp³-hybridized carbons (Fsp3) is 0.375. The number of nitrogen functional groups attached to an aromatic ring is 1. The molecule has 2 aromatic heterocycles. The molecule has 2 aromatic carbocycles. The number of carbonyl (C=O) groups excluding carboxylic acids is 4. The number of hydroxylamine groups is 2. The maximum absolute atomic E-state index is 12.6. The summed E-state index contributed by atoms with van der Waals surface area (Å²) in [4.78, 5) is 62.0. The minimum absolute atomic E-state index is 0.0284. The average Bonchev–Trinajstić information content (AvgIpc) is 3.51. The molecule has 1 saturated heterocycles. The highest BCUT2D eigenvalue weighted by molar-refractivity contribution is 6.06. The van der Waals surface area contributed by atoms with Crippen molar-refractivity contribution in [2.45, 2.75) is 77.7 Å². The van der Waals surface area contributed by atoms with Crippen LogP contribution in [0.15, 0.2) is 42.5 Å². The van der Waals surface area contributed by atoms with Crippen LogP contribution >= 0.6 is 0 Å². The number of aryl methyl sites for hydroxylation is 2. The van der Waals surface area contributed by atoms with Gasteiger partial charge in [-0.3, -0.25) is 14.4 Å². The lowest BCUT2D eigenvalue weighted by Gasteiger charge is -2.13. The van der Waals surface area contributed by atoms with E-state index in [9.17, 15) is 24.3 Å². The van der Waals surface area contributed by atoms with Crippen molar-refractivity contribution < 1.29 is 29.1 Å². The number of hydrogen-bond acceptors (Lipinski definition) is 9. The predicted molar refractivity (Wildman–Crippen MR) is 160 cm³/mol. The number of para-hydroxylation sites is 1. The standard InChI is InChI=1S/C32H35N5O6/c1-2-3-10-26-35-30-31(23-8-4-5-9-24(23)34-32(30)33)36(26)19-20-12-15-25(39)21(18-20)13-14-22(38)7-6-11-29(42)43-37-27(40)16-17-28(37)41/h4-5,8-9,12,15,18,39H,2-3,6-7,10-11,13-14,16-17,19H2,1H3,(H2,33,34). The fourth-order valence-electron chi connectivity index (χ4n) is 5.36. The van der Waals surface area contributed by atoms with E-state index in [1.54, 1.807) is 6.07 Å². The molecule has 43 heavy (non-hydrogen) atoms. The highest BCUT2D eigenvalue weighted by Crippen LogP contribution is 2.31. The third-order valence-corrected chi connectivity index (χ3v) is 7.64. The summed E-state index contributed by atoms with van der Waals surface area (Å²) in [6, 6.07) is 13.3. The first kappa shape index (κ1) is 29.7. The highest BCUT2D eigenvalue weighted by atomic mass is 16.7. The summed E-state index contributed by atoms with van der Waals surface area (Å²) in [5, 5.41) is 12.0. The fourth-order valence-corrected chi connectivity index (χ4v) is 5.36. The molecule has 0 atom stereocenters. The van der Waals surface area contributed by atoms with Crippen LogP contribution in [0.25, 0.3) is 21.9 Å². The maximum Gasteiger partial charge on any atom is 0.333 e. The zero-order valence-corrected chi connectivity index (χ0v) is 24.2. The molecule has 1 aliphatic heterocycles. The molecule has 0 saturated carbocycles. The van der Waals surface area contributed by atoms with Crippen LogP contribution < -0.4 is 5.73 Å². The Balaban J connectivity index is 1.25. The summed E-state index contributed by atoms with van der Waals surface area (Å²) in [7, 11) is 0. The van der Waals surface area contributed by atoms with Crippen LogP contribution in [-0.4, -0.2) is 48.3 Å². The zero-order chi connectivity index (χ0) is 30.5. The summed E-state index contributed by atoms with van der Waals surface area (Å²) < 4.78 is 2.18. The van der Waals surface area contributed by atoms with Gasteiger partial charge in [0.15, 0.2) is 5.82 Å². The number of imide groups is 1. The first-order chi connectivity index (χ1) is 20.7. The lowest BCUT2D eigenvalue weighted by Crippen LogP contribution is -2.32. The first-order valence-electron chi connectivity index (χ1n) is 14.7. The molecule has 5 rings (SSSR count). The lowest BCUT2D eigenvalue weighted by atomic mass is 10.0. The van der Waals surface area contributed by atoms with Gasteiger partial charge in [0.25, 0.3) is 11.8 Å². The number of nitrogens with zero attached hydrogens (tertiary/aromatic N) is 4. The van der Waals surface area contributed by atoms with E-state index in [0.29, 0.717) is 34.9 Å². The van der Waals surface area contributed by atoms with E-state index in [1.165, 1.54) is 0 Å². The molecule has 4 aromatic rings. The van der Waals surface area contributed by atoms with Crippen molar-refractivity contribution in [1.29, 1.82) is 0 Å². The molecule has 1 aliphatic rings. The Bertz CT molecular complexity index is 1700. The first-order valence-corrected chi connectivity index (χ1v) is 14.7. The van der Waals surface area contributed by atoms with Gasteiger partial charge in [-0.1, -0.05) is 43.7 Å². The van der Waals surface area contributed by atoms with Crippen molar-refractivity contribution in [3.63, 3.8) is 0 Å². The minimum atomic E-state index is -0.725. The number of anilines is 1. The van der Waals surface area contributed by atoms with E-state index in [-0.39, 0.29) is 50.1 Å². The van der Waals surface area contributed by atoms with Crippen LogP contribution in [0.1, 0.15) is 75.2 Å². The van der Waals surface area contributed by atoms with Crippen molar-refractivity contribution in [2.24, 2.45) is 0 Å². The number of Topliss-reactive ketones (excluding diaryl/α,β-unsaturated/α-hetero) is 1. The molecule has 0 spiro atoms. The summed E-state index contributed by atoms with van der Waals surface area (Å²) >= 11 is 0. The predicted octanol–water partition coefficient (Wildman–Crippen LogP) is 4.54. The molecule has 3 heterocycles. The number of carbonyl (C=O) groups is 4. The maximum atomic E-state index is 12.6. The van der Waals surface area contributed by atoms with E-state index in [1.807, 2.05) is 36.4 Å².